The number of hydrogen-bond donors (Lipinski definition) is 1. The number of nitrogens with one attached hydrogen (secondary N) is 1. The number of likely N-dealkylation sites (N-methyl/N-ethyl adjacent to an activating group) is 1. The van der Waals surface area contributed by atoms with Crippen LogP contribution in [0.15, 0.2) is 30.5 Å². The molecule has 0 spiro atoms. The zero-order valence-electron chi connectivity index (χ0n) is 12.3. The Bertz CT molecular complexity index is 550. The van der Waals surface area contributed by atoms with Crippen molar-refractivity contribution in [3.05, 3.63) is 41.6 Å². The smallest absolute Gasteiger partial charge is 0.0695 e. The first-order valence-corrected chi connectivity index (χ1v) is 7.22. The van der Waals surface area contributed by atoms with Gasteiger partial charge in [-0.25, -0.2) is 0 Å². The van der Waals surface area contributed by atoms with Gasteiger partial charge in [0.1, 0.15) is 0 Å². The standard InChI is InChI=1S/C16H22N4/c1-13-3-5-14(6-4-13)16-15(11-17-18-16)12-20-9-7-19(2)8-10-20/h3-6,11H,7-10,12H2,1-2H3,(H,17,18). The van der Waals surface area contributed by atoms with Gasteiger partial charge in [-0.1, -0.05) is 29.8 Å². The van der Waals surface area contributed by atoms with E-state index in [-0.39, 0.29) is 0 Å². The molecule has 0 unspecified atom stereocenters. The Balaban J connectivity index is 1.75. The molecule has 1 aliphatic rings. The third kappa shape index (κ3) is 2.92. The molecule has 1 aromatic carbocycles. The minimum atomic E-state index is 0.980. The third-order valence-corrected chi connectivity index (χ3v) is 4.05. The number of rotatable bonds is 3. The Morgan fingerprint density at radius 1 is 1.10 bits per heavy atom. The lowest BCUT2D eigenvalue weighted by atomic mass is 10.1. The number of piperazine rings is 1. The van der Waals surface area contributed by atoms with Crippen molar-refractivity contribution in [1.82, 2.24) is 20.0 Å². The Labute approximate surface area is 120 Å². The van der Waals surface area contributed by atoms with Crippen molar-refractivity contribution in [2.24, 2.45) is 0 Å². The van der Waals surface area contributed by atoms with Gasteiger partial charge in [0.15, 0.2) is 0 Å². The summed E-state index contributed by atoms with van der Waals surface area (Å²) in [6.45, 7) is 7.66. The van der Waals surface area contributed by atoms with Gasteiger partial charge < -0.3 is 4.90 Å². The number of nitrogens with zero attached hydrogens (tertiary/aromatic N) is 3. The van der Waals surface area contributed by atoms with Crippen LogP contribution in [-0.4, -0.2) is 53.2 Å². The highest BCUT2D eigenvalue weighted by Gasteiger charge is 2.16. The summed E-state index contributed by atoms with van der Waals surface area (Å²) >= 11 is 0. The summed E-state index contributed by atoms with van der Waals surface area (Å²) in [5.74, 6) is 0. The van der Waals surface area contributed by atoms with Crippen LogP contribution in [0.3, 0.4) is 0 Å². The molecule has 4 nitrogen and oxygen atoms in total. The fraction of sp³-hybridized carbons (Fsp3) is 0.438. The highest BCUT2D eigenvalue weighted by Crippen LogP contribution is 2.23. The molecule has 0 atom stereocenters. The Morgan fingerprint density at radius 2 is 1.80 bits per heavy atom. The Morgan fingerprint density at radius 3 is 2.50 bits per heavy atom. The van der Waals surface area contributed by atoms with E-state index in [1.54, 1.807) is 0 Å². The summed E-state index contributed by atoms with van der Waals surface area (Å²) in [4.78, 5) is 4.88. The number of aromatic amines is 1. The quantitative estimate of drug-likeness (QED) is 0.928. The lowest BCUT2D eigenvalue weighted by Gasteiger charge is -2.32. The molecule has 1 aromatic heterocycles. The number of H-pyrrole nitrogens is 1. The highest BCUT2D eigenvalue weighted by molar-refractivity contribution is 5.62. The maximum absolute atomic E-state index is 4.24. The van der Waals surface area contributed by atoms with E-state index in [1.807, 2.05) is 6.20 Å². The average molecular weight is 270 g/mol. The summed E-state index contributed by atoms with van der Waals surface area (Å²) in [7, 11) is 2.19. The maximum Gasteiger partial charge on any atom is 0.0695 e. The molecule has 4 heteroatoms. The highest BCUT2D eigenvalue weighted by atomic mass is 15.2. The minimum Gasteiger partial charge on any atom is -0.304 e. The molecule has 20 heavy (non-hydrogen) atoms. The van der Waals surface area contributed by atoms with Crippen LogP contribution in [0.4, 0.5) is 0 Å². The summed E-state index contributed by atoms with van der Waals surface area (Å²) in [6.07, 6.45) is 1.97. The molecule has 106 valence electrons. The fourth-order valence-electron chi connectivity index (χ4n) is 2.65. The largest absolute Gasteiger partial charge is 0.304 e. The van der Waals surface area contributed by atoms with Crippen LogP contribution in [0.1, 0.15) is 11.1 Å². The van der Waals surface area contributed by atoms with Crippen molar-refractivity contribution in [2.75, 3.05) is 33.2 Å². The topological polar surface area (TPSA) is 35.2 Å². The first-order chi connectivity index (χ1) is 9.72. The summed E-state index contributed by atoms with van der Waals surface area (Å²) < 4.78 is 0. The minimum absolute atomic E-state index is 0.980. The van der Waals surface area contributed by atoms with Crippen molar-refractivity contribution >= 4 is 0 Å². The van der Waals surface area contributed by atoms with Crippen LogP contribution in [0.2, 0.25) is 0 Å². The monoisotopic (exact) mass is 270 g/mol. The second kappa shape index (κ2) is 5.77. The van der Waals surface area contributed by atoms with Crippen LogP contribution >= 0.6 is 0 Å². The first-order valence-electron chi connectivity index (χ1n) is 7.22. The van der Waals surface area contributed by atoms with Gasteiger partial charge in [0.2, 0.25) is 0 Å². The van der Waals surface area contributed by atoms with Crippen molar-refractivity contribution in [3.63, 3.8) is 0 Å². The van der Waals surface area contributed by atoms with E-state index in [0.29, 0.717) is 0 Å². The van der Waals surface area contributed by atoms with Crippen molar-refractivity contribution in [2.45, 2.75) is 13.5 Å². The molecule has 0 radical (unpaired) electrons. The second-order valence-corrected chi connectivity index (χ2v) is 5.72. The fourth-order valence-corrected chi connectivity index (χ4v) is 2.65. The summed E-state index contributed by atoms with van der Waals surface area (Å²) in [5.41, 5.74) is 4.95. The molecule has 1 saturated heterocycles. The van der Waals surface area contributed by atoms with Gasteiger partial charge in [0.25, 0.3) is 0 Å². The molecular formula is C16H22N4. The molecule has 3 rings (SSSR count). The molecule has 1 aliphatic heterocycles. The van der Waals surface area contributed by atoms with E-state index in [9.17, 15) is 0 Å². The van der Waals surface area contributed by atoms with Gasteiger partial charge in [-0.05, 0) is 19.5 Å². The van der Waals surface area contributed by atoms with Crippen LogP contribution < -0.4 is 0 Å². The van der Waals surface area contributed by atoms with Gasteiger partial charge in [0.05, 0.1) is 11.9 Å². The number of aromatic nitrogens is 2. The normalized spacial score (nSPS) is 17.5. The Kier molecular flexibility index (Phi) is 3.85. The summed E-state index contributed by atoms with van der Waals surface area (Å²) in [6, 6.07) is 8.62. The predicted octanol–water partition coefficient (Wildman–Crippen LogP) is 2.13. The SMILES string of the molecule is Cc1ccc(-c2[nH]ncc2CN2CCN(C)CC2)cc1. The van der Waals surface area contributed by atoms with Gasteiger partial charge in [-0.3, -0.25) is 10.00 Å². The van der Waals surface area contributed by atoms with Crippen LogP contribution in [0, 0.1) is 6.92 Å². The van der Waals surface area contributed by atoms with E-state index in [2.05, 4.69) is 58.2 Å². The van der Waals surface area contributed by atoms with Crippen molar-refractivity contribution < 1.29 is 0 Å². The lowest BCUT2D eigenvalue weighted by Crippen LogP contribution is -2.43. The predicted molar refractivity (Wildman–Crippen MR) is 81.5 cm³/mol. The first kappa shape index (κ1) is 13.3. The van der Waals surface area contributed by atoms with E-state index < -0.39 is 0 Å². The van der Waals surface area contributed by atoms with Gasteiger partial charge in [-0.15, -0.1) is 0 Å². The summed E-state index contributed by atoms with van der Waals surface area (Å²) in [5, 5.41) is 7.39. The zero-order valence-corrected chi connectivity index (χ0v) is 12.3. The van der Waals surface area contributed by atoms with E-state index >= 15 is 0 Å². The molecule has 0 aliphatic carbocycles. The number of hydrogen-bond acceptors (Lipinski definition) is 3. The molecule has 2 heterocycles. The van der Waals surface area contributed by atoms with Gasteiger partial charge in [-0.2, -0.15) is 5.10 Å². The number of benzene rings is 1. The van der Waals surface area contributed by atoms with Gasteiger partial charge >= 0.3 is 0 Å². The molecule has 0 bridgehead atoms. The molecule has 0 amide bonds. The second-order valence-electron chi connectivity index (χ2n) is 5.72. The molecule has 2 aromatic rings. The van der Waals surface area contributed by atoms with Gasteiger partial charge in [0, 0.05) is 38.3 Å². The van der Waals surface area contributed by atoms with E-state index in [4.69, 9.17) is 0 Å². The van der Waals surface area contributed by atoms with Crippen LogP contribution in [0.25, 0.3) is 11.3 Å². The van der Waals surface area contributed by atoms with Crippen LogP contribution in [0.5, 0.6) is 0 Å². The zero-order chi connectivity index (χ0) is 13.9. The molecule has 1 fully saturated rings. The lowest BCUT2D eigenvalue weighted by molar-refractivity contribution is 0.148. The molecular weight excluding hydrogens is 248 g/mol. The van der Waals surface area contributed by atoms with E-state index in [0.717, 1.165) is 38.4 Å². The van der Waals surface area contributed by atoms with Crippen LogP contribution in [-0.2, 0) is 6.54 Å². The molecule has 0 saturated carbocycles. The van der Waals surface area contributed by atoms with Crippen molar-refractivity contribution in [1.29, 1.82) is 0 Å². The maximum atomic E-state index is 4.24. The number of aryl methyl sites for hydroxylation is 1. The van der Waals surface area contributed by atoms with Crippen molar-refractivity contribution in [3.8, 4) is 11.3 Å². The molecule has 1 N–H and O–H groups in total. The average Bonchev–Trinajstić information content (AvgIpc) is 2.90. The van der Waals surface area contributed by atoms with E-state index in [1.165, 1.54) is 16.7 Å². The third-order valence-electron chi connectivity index (χ3n) is 4.05. The Hall–Kier alpha value is -1.65.